The van der Waals surface area contributed by atoms with Gasteiger partial charge in [-0.3, -0.25) is 14.9 Å². The Morgan fingerprint density at radius 3 is 2.71 bits per heavy atom. The van der Waals surface area contributed by atoms with Crippen LogP contribution in [0.2, 0.25) is 0 Å². The molecule has 1 aliphatic rings. The van der Waals surface area contributed by atoms with Gasteiger partial charge < -0.3 is 10.1 Å². The van der Waals surface area contributed by atoms with Crippen molar-refractivity contribution in [3.63, 3.8) is 0 Å². The number of amides is 2. The molecule has 1 saturated heterocycles. The number of nitrogens with one attached hydrogen (secondary N) is 2. The molecule has 2 aromatic rings. The maximum Gasteiger partial charge on any atom is 0.231 e. The summed E-state index contributed by atoms with van der Waals surface area (Å²) in [4.78, 5) is 22.9. The summed E-state index contributed by atoms with van der Waals surface area (Å²) < 4.78 is 5.80. The monoisotopic (exact) mass is 324 g/mol. The van der Waals surface area contributed by atoms with Crippen molar-refractivity contribution < 1.29 is 14.3 Å². The first-order valence-corrected chi connectivity index (χ1v) is 8.05. The van der Waals surface area contributed by atoms with E-state index in [0.29, 0.717) is 26.0 Å². The number of benzene rings is 2. The second-order valence-corrected chi connectivity index (χ2v) is 5.83. The number of carbonyl (C=O) groups excluding carboxylic acids is 2. The summed E-state index contributed by atoms with van der Waals surface area (Å²) in [5, 5.41) is 5.62. The molecule has 5 heteroatoms. The van der Waals surface area contributed by atoms with Crippen LogP contribution in [0.25, 0.3) is 0 Å². The van der Waals surface area contributed by atoms with Crippen molar-refractivity contribution in [2.24, 2.45) is 5.92 Å². The van der Waals surface area contributed by atoms with Gasteiger partial charge in [0.15, 0.2) is 0 Å². The highest BCUT2D eigenvalue weighted by molar-refractivity contribution is 5.98. The van der Waals surface area contributed by atoms with Gasteiger partial charge in [-0.2, -0.15) is 0 Å². The summed E-state index contributed by atoms with van der Waals surface area (Å²) in [7, 11) is 0. The highest BCUT2D eigenvalue weighted by Crippen LogP contribution is 2.20. The Kier molecular flexibility index (Phi) is 5.11. The molecule has 5 nitrogen and oxygen atoms in total. The Hall–Kier alpha value is -2.82. The largest absolute Gasteiger partial charge is 0.489 e. The van der Waals surface area contributed by atoms with Crippen LogP contribution in [0.3, 0.4) is 0 Å². The summed E-state index contributed by atoms with van der Waals surface area (Å²) in [6, 6.07) is 17.6. The highest BCUT2D eigenvalue weighted by atomic mass is 16.5. The summed E-state index contributed by atoms with van der Waals surface area (Å²) >= 11 is 0. The quantitative estimate of drug-likeness (QED) is 0.802. The van der Waals surface area contributed by atoms with Crippen LogP contribution < -0.4 is 15.4 Å². The van der Waals surface area contributed by atoms with Crippen molar-refractivity contribution in [1.29, 1.82) is 0 Å². The third kappa shape index (κ3) is 4.35. The molecule has 1 unspecified atom stereocenters. The smallest absolute Gasteiger partial charge is 0.231 e. The fraction of sp³-hybridized carbons (Fsp3) is 0.263. The number of carbonyl (C=O) groups is 2. The standard InChI is InChI=1S/C19H20N2O3/c22-18-10-9-15(19(23)21-18)12-20-16-7-4-8-17(11-16)24-13-14-5-2-1-3-6-14/h1-8,11,15,20H,9-10,12-13H2,(H,21,22,23). The lowest BCUT2D eigenvalue weighted by atomic mass is 9.98. The Morgan fingerprint density at radius 2 is 1.92 bits per heavy atom. The molecule has 24 heavy (non-hydrogen) atoms. The van der Waals surface area contributed by atoms with Gasteiger partial charge >= 0.3 is 0 Å². The van der Waals surface area contributed by atoms with Gasteiger partial charge in [-0.05, 0) is 24.1 Å². The number of hydrogen-bond donors (Lipinski definition) is 2. The lowest BCUT2D eigenvalue weighted by molar-refractivity contribution is -0.135. The summed E-state index contributed by atoms with van der Waals surface area (Å²) in [5.41, 5.74) is 2.00. The van der Waals surface area contributed by atoms with Crippen molar-refractivity contribution in [2.75, 3.05) is 11.9 Å². The fourth-order valence-corrected chi connectivity index (χ4v) is 2.61. The van der Waals surface area contributed by atoms with Crippen LogP contribution in [-0.2, 0) is 16.2 Å². The first-order valence-electron chi connectivity index (χ1n) is 8.05. The topological polar surface area (TPSA) is 67.4 Å². The lowest BCUT2D eigenvalue weighted by Gasteiger charge is -2.21. The second kappa shape index (κ2) is 7.64. The minimum Gasteiger partial charge on any atom is -0.489 e. The van der Waals surface area contributed by atoms with E-state index in [2.05, 4.69) is 10.6 Å². The van der Waals surface area contributed by atoms with E-state index in [1.807, 2.05) is 54.6 Å². The van der Waals surface area contributed by atoms with Crippen molar-refractivity contribution >= 4 is 17.5 Å². The van der Waals surface area contributed by atoms with Crippen LogP contribution in [0.1, 0.15) is 18.4 Å². The molecule has 2 aromatic carbocycles. The molecule has 1 atom stereocenters. The normalized spacial score (nSPS) is 17.2. The van der Waals surface area contributed by atoms with Gasteiger partial charge in [-0.25, -0.2) is 0 Å². The van der Waals surface area contributed by atoms with Gasteiger partial charge in [-0.15, -0.1) is 0 Å². The summed E-state index contributed by atoms with van der Waals surface area (Å²) in [6.07, 6.45) is 0.986. The average molecular weight is 324 g/mol. The van der Waals surface area contributed by atoms with Crippen molar-refractivity contribution in [2.45, 2.75) is 19.4 Å². The second-order valence-electron chi connectivity index (χ2n) is 5.83. The molecule has 0 aliphatic carbocycles. The molecular weight excluding hydrogens is 304 g/mol. The molecule has 0 bridgehead atoms. The predicted molar refractivity (Wildman–Crippen MR) is 91.6 cm³/mol. The van der Waals surface area contributed by atoms with Gasteiger partial charge in [0.05, 0.1) is 5.92 Å². The molecule has 2 N–H and O–H groups in total. The minimum atomic E-state index is -0.199. The van der Waals surface area contributed by atoms with E-state index in [1.165, 1.54) is 0 Å². The highest BCUT2D eigenvalue weighted by Gasteiger charge is 2.26. The predicted octanol–water partition coefficient (Wildman–Crippen LogP) is 2.73. The Morgan fingerprint density at radius 1 is 1.08 bits per heavy atom. The van der Waals surface area contributed by atoms with Gasteiger partial charge in [0.2, 0.25) is 11.8 Å². The zero-order valence-electron chi connectivity index (χ0n) is 13.3. The summed E-state index contributed by atoms with van der Waals surface area (Å²) in [6.45, 7) is 1.01. The number of ether oxygens (including phenoxy) is 1. The van der Waals surface area contributed by atoms with Crippen LogP contribution in [0.15, 0.2) is 54.6 Å². The molecule has 0 spiro atoms. The first kappa shape index (κ1) is 16.1. The van der Waals surface area contributed by atoms with Crippen molar-refractivity contribution in [1.82, 2.24) is 5.32 Å². The molecule has 1 heterocycles. The van der Waals surface area contributed by atoms with Crippen LogP contribution >= 0.6 is 0 Å². The molecule has 0 aromatic heterocycles. The maximum absolute atomic E-state index is 11.8. The molecule has 2 amide bonds. The van der Waals surface area contributed by atoms with Gasteiger partial charge in [-0.1, -0.05) is 36.4 Å². The van der Waals surface area contributed by atoms with E-state index < -0.39 is 0 Å². The van der Waals surface area contributed by atoms with Crippen molar-refractivity contribution in [3.05, 3.63) is 60.2 Å². The van der Waals surface area contributed by atoms with Crippen LogP contribution in [0, 0.1) is 5.92 Å². The van der Waals surface area contributed by atoms with Crippen LogP contribution in [0.4, 0.5) is 5.69 Å². The van der Waals surface area contributed by atoms with E-state index in [4.69, 9.17) is 4.74 Å². The molecule has 0 radical (unpaired) electrons. The Labute approximate surface area is 141 Å². The van der Waals surface area contributed by atoms with E-state index in [9.17, 15) is 9.59 Å². The number of anilines is 1. The third-order valence-electron chi connectivity index (χ3n) is 3.99. The average Bonchev–Trinajstić information content (AvgIpc) is 2.60. The molecule has 124 valence electrons. The molecule has 1 aliphatic heterocycles. The maximum atomic E-state index is 11.8. The Balaban J connectivity index is 1.53. The van der Waals surface area contributed by atoms with Gasteiger partial charge in [0, 0.05) is 24.7 Å². The molecule has 0 saturated carbocycles. The molecule has 3 rings (SSSR count). The third-order valence-corrected chi connectivity index (χ3v) is 3.99. The number of hydrogen-bond acceptors (Lipinski definition) is 4. The van der Waals surface area contributed by atoms with Gasteiger partial charge in [0.25, 0.3) is 0 Å². The van der Waals surface area contributed by atoms with E-state index in [1.54, 1.807) is 0 Å². The number of rotatable bonds is 6. The fourth-order valence-electron chi connectivity index (χ4n) is 2.61. The minimum absolute atomic E-state index is 0.184. The van der Waals surface area contributed by atoms with E-state index in [0.717, 1.165) is 17.0 Å². The molecule has 1 fully saturated rings. The zero-order chi connectivity index (χ0) is 16.8. The van der Waals surface area contributed by atoms with Gasteiger partial charge in [0.1, 0.15) is 12.4 Å². The number of piperidine rings is 1. The first-order chi connectivity index (χ1) is 11.7. The Bertz CT molecular complexity index is 716. The SMILES string of the molecule is O=C1CCC(CNc2cccc(OCc3ccccc3)c2)C(=O)N1. The lowest BCUT2D eigenvalue weighted by Crippen LogP contribution is -2.43. The van der Waals surface area contributed by atoms with Crippen molar-refractivity contribution in [3.8, 4) is 5.75 Å². The van der Waals surface area contributed by atoms with E-state index >= 15 is 0 Å². The van der Waals surface area contributed by atoms with E-state index in [-0.39, 0.29) is 17.7 Å². The molecular formula is C19H20N2O3. The van der Waals surface area contributed by atoms with Crippen LogP contribution in [0.5, 0.6) is 5.75 Å². The summed E-state index contributed by atoms with van der Waals surface area (Å²) in [5.74, 6) is 0.200. The van der Waals surface area contributed by atoms with Crippen LogP contribution in [-0.4, -0.2) is 18.4 Å². The zero-order valence-corrected chi connectivity index (χ0v) is 13.3. The number of imide groups is 1.